The molecule has 0 aliphatic rings. The van der Waals surface area contributed by atoms with Gasteiger partial charge in [0.2, 0.25) is 5.91 Å². The molecule has 2 unspecified atom stereocenters. The van der Waals surface area contributed by atoms with E-state index >= 15 is 0 Å². The summed E-state index contributed by atoms with van der Waals surface area (Å²) in [5.41, 5.74) is 0. The lowest BCUT2D eigenvalue weighted by Gasteiger charge is -2.20. The summed E-state index contributed by atoms with van der Waals surface area (Å²) in [6, 6.07) is -0.632. The zero-order chi connectivity index (χ0) is 48.6. The van der Waals surface area contributed by atoms with Gasteiger partial charge in [0.25, 0.3) is 0 Å². The molecule has 0 aromatic carbocycles. The van der Waals surface area contributed by atoms with Crippen LogP contribution in [0.15, 0.2) is 36.5 Å². The third-order valence-electron chi connectivity index (χ3n) is 13.7. The summed E-state index contributed by atoms with van der Waals surface area (Å²) < 4.78 is 5.47. The summed E-state index contributed by atoms with van der Waals surface area (Å²) in [7, 11) is 0. The van der Waals surface area contributed by atoms with Crippen molar-refractivity contribution in [2.24, 2.45) is 0 Å². The molecule has 0 aromatic rings. The fourth-order valence-corrected chi connectivity index (χ4v) is 9.08. The van der Waals surface area contributed by atoms with Gasteiger partial charge in [0, 0.05) is 12.8 Å². The van der Waals surface area contributed by atoms with E-state index in [0.717, 1.165) is 44.9 Å². The molecule has 6 heteroatoms. The Balaban J connectivity index is 3.45. The number of ether oxygens (including phenoxy) is 1. The number of aliphatic hydroxyl groups is 2. The number of nitrogens with one attached hydrogen (secondary N) is 1. The van der Waals surface area contributed by atoms with Gasteiger partial charge in [0.1, 0.15) is 0 Å². The lowest BCUT2D eigenvalue weighted by molar-refractivity contribution is -0.143. The van der Waals surface area contributed by atoms with Crippen LogP contribution in [0.5, 0.6) is 0 Å². The molecule has 0 aromatic heterocycles. The zero-order valence-electron chi connectivity index (χ0n) is 44.9. The Hall–Kier alpha value is -1.92. The minimum atomic E-state index is -0.847. The Morgan fingerprint density at radius 2 is 0.746 bits per heavy atom. The van der Waals surface area contributed by atoms with Crippen molar-refractivity contribution < 1.29 is 24.5 Å². The van der Waals surface area contributed by atoms with Crippen LogP contribution in [0.25, 0.3) is 0 Å². The highest BCUT2D eigenvalue weighted by molar-refractivity contribution is 5.76. The first-order valence-corrected chi connectivity index (χ1v) is 29.8. The monoisotopic (exact) mass is 942 g/mol. The maximum Gasteiger partial charge on any atom is 0.305 e. The summed E-state index contributed by atoms with van der Waals surface area (Å²) in [4.78, 5) is 24.4. The van der Waals surface area contributed by atoms with Crippen molar-refractivity contribution in [3.8, 4) is 0 Å². The van der Waals surface area contributed by atoms with Gasteiger partial charge in [0.15, 0.2) is 0 Å². The molecule has 0 aliphatic carbocycles. The van der Waals surface area contributed by atoms with E-state index in [1.54, 1.807) is 6.08 Å². The SMILES string of the molecule is CCCCCCCCCCCCC/C=C/C(O)C(CO)NC(=O)CCCCCCCCCCC/C=C\C/C=C\CCCCCCCCCCCOC(=O)CCCCCCCCCCCCCC. The summed E-state index contributed by atoms with van der Waals surface area (Å²) in [5.74, 6) is -0.0651. The molecule has 0 bridgehead atoms. The molecule has 0 spiro atoms. The predicted molar refractivity (Wildman–Crippen MR) is 292 cm³/mol. The van der Waals surface area contributed by atoms with Crippen molar-refractivity contribution >= 4 is 11.9 Å². The van der Waals surface area contributed by atoms with Crippen LogP contribution in [-0.2, 0) is 14.3 Å². The second-order valence-corrected chi connectivity index (χ2v) is 20.3. The van der Waals surface area contributed by atoms with Crippen LogP contribution in [0, 0.1) is 0 Å². The maximum atomic E-state index is 12.4. The largest absolute Gasteiger partial charge is 0.466 e. The summed E-state index contributed by atoms with van der Waals surface area (Å²) in [6.07, 6.45) is 70.3. The zero-order valence-corrected chi connectivity index (χ0v) is 44.9. The predicted octanol–water partition coefficient (Wildman–Crippen LogP) is 18.4. The van der Waals surface area contributed by atoms with E-state index in [4.69, 9.17) is 4.74 Å². The highest BCUT2D eigenvalue weighted by atomic mass is 16.5. The maximum absolute atomic E-state index is 12.4. The molecule has 0 heterocycles. The third-order valence-corrected chi connectivity index (χ3v) is 13.7. The quantitative estimate of drug-likeness (QED) is 0.0321. The number of esters is 1. The minimum Gasteiger partial charge on any atom is -0.466 e. The van der Waals surface area contributed by atoms with Crippen LogP contribution in [-0.4, -0.2) is 47.4 Å². The Kier molecular flexibility index (Phi) is 55.0. The van der Waals surface area contributed by atoms with E-state index in [9.17, 15) is 19.8 Å². The van der Waals surface area contributed by atoms with Crippen LogP contribution in [0.2, 0.25) is 0 Å². The highest BCUT2D eigenvalue weighted by Gasteiger charge is 2.18. The number of hydrogen-bond acceptors (Lipinski definition) is 5. The van der Waals surface area contributed by atoms with Crippen LogP contribution in [0.3, 0.4) is 0 Å². The molecule has 0 saturated heterocycles. The van der Waals surface area contributed by atoms with E-state index < -0.39 is 12.1 Å². The average molecular weight is 943 g/mol. The lowest BCUT2D eigenvalue weighted by atomic mass is 10.0. The van der Waals surface area contributed by atoms with E-state index in [1.807, 2.05) is 6.08 Å². The van der Waals surface area contributed by atoms with Crippen molar-refractivity contribution in [1.82, 2.24) is 5.32 Å². The Bertz CT molecular complexity index is 1090. The molecule has 0 radical (unpaired) electrons. The number of rotatable bonds is 55. The number of allylic oxidation sites excluding steroid dienone is 5. The van der Waals surface area contributed by atoms with Crippen molar-refractivity contribution in [2.45, 2.75) is 328 Å². The van der Waals surface area contributed by atoms with Gasteiger partial charge in [-0.1, -0.05) is 275 Å². The number of carbonyl (C=O) groups excluding carboxylic acids is 2. The van der Waals surface area contributed by atoms with E-state index in [0.29, 0.717) is 19.4 Å². The first kappa shape index (κ1) is 65.1. The first-order valence-electron chi connectivity index (χ1n) is 29.8. The van der Waals surface area contributed by atoms with Crippen LogP contribution in [0.1, 0.15) is 316 Å². The number of unbranched alkanes of at least 4 members (excludes halogenated alkanes) is 40. The first-order chi connectivity index (χ1) is 33.0. The molecule has 394 valence electrons. The van der Waals surface area contributed by atoms with Gasteiger partial charge in [-0.3, -0.25) is 9.59 Å². The Morgan fingerprint density at radius 3 is 1.13 bits per heavy atom. The van der Waals surface area contributed by atoms with E-state index in [-0.39, 0.29) is 18.5 Å². The van der Waals surface area contributed by atoms with Gasteiger partial charge in [-0.15, -0.1) is 0 Å². The summed E-state index contributed by atoms with van der Waals surface area (Å²) in [6.45, 7) is 4.90. The second kappa shape index (κ2) is 56.7. The normalized spacial score (nSPS) is 12.8. The van der Waals surface area contributed by atoms with Crippen molar-refractivity contribution in [3.63, 3.8) is 0 Å². The van der Waals surface area contributed by atoms with E-state index in [1.165, 1.54) is 244 Å². The Labute approximate surface area is 417 Å². The summed E-state index contributed by atoms with van der Waals surface area (Å²) >= 11 is 0. The molecule has 2 atom stereocenters. The van der Waals surface area contributed by atoms with E-state index in [2.05, 4.69) is 43.5 Å². The minimum absolute atomic E-state index is 0.00900. The number of amides is 1. The number of carbonyl (C=O) groups is 2. The lowest BCUT2D eigenvalue weighted by Crippen LogP contribution is -2.45. The fourth-order valence-electron chi connectivity index (χ4n) is 9.08. The number of aliphatic hydroxyl groups excluding tert-OH is 2. The van der Waals surface area contributed by atoms with Crippen molar-refractivity contribution in [3.05, 3.63) is 36.5 Å². The van der Waals surface area contributed by atoms with Gasteiger partial charge < -0.3 is 20.3 Å². The molecule has 1 amide bonds. The molecule has 0 aliphatic heterocycles. The smallest absolute Gasteiger partial charge is 0.305 e. The molecular weight excluding hydrogens is 827 g/mol. The van der Waals surface area contributed by atoms with Crippen LogP contribution >= 0.6 is 0 Å². The topological polar surface area (TPSA) is 95.9 Å². The molecule has 6 nitrogen and oxygen atoms in total. The molecule has 3 N–H and O–H groups in total. The van der Waals surface area contributed by atoms with Crippen molar-refractivity contribution in [2.75, 3.05) is 13.2 Å². The van der Waals surface area contributed by atoms with Crippen LogP contribution in [0.4, 0.5) is 0 Å². The molecule has 0 rings (SSSR count). The molecule has 67 heavy (non-hydrogen) atoms. The molecular formula is C61H115NO5. The van der Waals surface area contributed by atoms with Gasteiger partial charge in [-0.05, 0) is 64.2 Å². The van der Waals surface area contributed by atoms with Gasteiger partial charge in [-0.25, -0.2) is 0 Å². The fraction of sp³-hybridized carbons (Fsp3) is 0.869. The van der Waals surface area contributed by atoms with Gasteiger partial charge in [0.05, 0.1) is 25.4 Å². The average Bonchev–Trinajstić information content (AvgIpc) is 3.33. The third kappa shape index (κ3) is 53.3. The Morgan fingerprint density at radius 1 is 0.418 bits per heavy atom. The van der Waals surface area contributed by atoms with Crippen LogP contribution < -0.4 is 5.32 Å². The van der Waals surface area contributed by atoms with Gasteiger partial charge in [-0.2, -0.15) is 0 Å². The number of hydrogen-bond donors (Lipinski definition) is 3. The van der Waals surface area contributed by atoms with Gasteiger partial charge >= 0.3 is 5.97 Å². The summed E-state index contributed by atoms with van der Waals surface area (Å²) in [5, 5.41) is 23.1. The second-order valence-electron chi connectivity index (χ2n) is 20.3. The molecule has 0 saturated carbocycles. The van der Waals surface area contributed by atoms with Crippen molar-refractivity contribution in [1.29, 1.82) is 0 Å². The highest BCUT2D eigenvalue weighted by Crippen LogP contribution is 2.16. The standard InChI is InChI=1S/C61H115NO5/c1-3-5-7-9-11-13-15-30-33-37-41-45-49-53-59(64)58(57-63)62-60(65)54-50-46-42-38-34-31-28-26-24-22-20-18-17-19-21-23-25-27-29-32-36-40-44-48-52-56-67-61(66)55-51-47-43-39-35-16-14-12-10-8-6-4-2/h18-21,49,53,58-59,63-64H,3-17,22-48,50-52,54-57H2,1-2H3,(H,62,65)/b20-18-,21-19-,53-49+. The molecule has 0 fully saturated rings.